The fourth-order valence-electron chi connectivity index (χ4n) is 3.01. The molecular formula is C21H19F3N2O2. The molecular weight excluding hydrogens is 369 g/mol. The molecule has 2 amide bonds. The van der Waals surface area contributed by atoms with Crippen LogP contribution in [0.1, 0.15) is 35.3 Å². The Hall–Kier alpha value is -3.09. The molecule has 0 fully saturated rings. The maximum absolute atomic E-state index is 13.0. The van der Waals surface area contributed by atoms with Gasteiger partial charge in [0.2, 0.25) is 0 Å². The van der Waals surface area contributed by atoms with Crippen molar-refractivity contribution in [1.82, 2.24) is 10.2 Å². The smallest absolute Gasteiger partial charge is 0.331 e. The molecule has 0 bridgehead atoms. The first kappa shape index (κ1) is 19.7. The summed E-state index contributed by atoms with van der Waals surface area (Å²) in [6.07, 6.45) is -3.60. The maximum Gasteiger partial charge on any atom is 0.416 e. The third-order valence-electron chi connectivity index (χ3n) is 4.50. The van der Waals surface area contributed by atoms with Gasteiger partial charge >= 0.3 is 6.18 Å². The Labute approximate surface area is 160 Å². The van der Waals surface area contributed by atoms with Crippen molar-refractivity contribution in [3.05, 3.63) is 77.5 Å². The van der Waals surface area contributed by atoms with Crippen molar-refractivity contribution in [2.45, 2.75) is 26.2 Å². The number of carbonyl (C=O) groups excluding carboxylic acids is 2. The van der Waals surface area contributed by atoms with E-state index in [1.54, 1.807) is 30.3 Å². The first-order valence-electron chi connectivity index (χ1n) is 8.76. The summed E-state index contributed by atoms with van der Waals surface area (Å²) in [6.45, 7) is 3.74. The lowest BCUT2D eigenvalue weighted by molar-refractivity contribution is -0.137. The molecule has 7 heteroatoms. The molecule has 2 aromatic carbocycles. The van der Waals surface area contributed by atoms with E-state index in [2.05, 4.69) is 5.32 Å². The summed E-state index contributed by atoms with van der Waals surface area (Å²) >= 11 is 0. The summed E-state index contributed by atoms with van der Waals surface area (Å²) in [5, 5.41) is 2.79. The summed E-state index contributed by atoms with van der Waals surface area (Å²) in [4.78, 5) is 26.9. The topological polar surface area (TPSA) is 49.4 Å². The van der Waals surface area contributed by atoms with Gasteiger partial charge in [0, 0.05) is 11.8 Å². The number of rotatable bonds is 3. The number of carbonyl (C=O) groups is 2. The zero-order valence-electron chi connectivity index (χ0n) is 15.3. The summed E-state index contributed by atoms with van der Waals surface area (Å²) in [6, 6.07) is 12.9. The number of hydrogen-bond donors (Lipinski definition) is 1. The summed E-state index contributed by atoms with van der Waals surface area (Å²) in [5.74, 6) is -0.804. The molecule has 0 saturated carbocycles. The molecule has 1 aliphatic heterocycles. The monoisotopic (exact) mass is 388 g/mol. The molecule has 0 aliphatic carbocycles. The third-order valence-corrected chi connectivity index (χ3v) is 4.50. The van der Waals surface area contributed by atoms with Crippen molar-refractivity contribution >= 4 is 17.4 Å². The highest BCUT2D eigenvalue weighted by molar-refractivity contribution is 6.21. The van der Waals surface area contributed by atoms with Gasteiger partial charge in [-0.25, -0.2) is 0 Å². The second-order valence-electron chi connectivity index (χ2n) is 6.86. The Morgan fingerprint density at radius 1 is 1.04 bits per heavy atom. The van der Waals surface area contributed by atoms with Crippen LogP contribution in [0, 0.1) is 5.92 Å². The van der Waals surface area contributed by atoms with E-state index in [1.165, 1.54) is 23.2 Å². The molecule has 28 heavy (non-hydrogen) atoms. The van der Waals surface area contributed by atoms with Gasteiger partial charge < -0.3 is 5.32 Å². The van der Waals surface area contributed by atoms with Crippen LogP contribution in [0.2, 0.25) is 0 Å². The normalized spacial score (nSPS) is 17.4. The van der Waals surface area contributed by atoms with E-state index in [4.69, 9.17) is 0 Å². The van der Waals surface area contributed by atoms with Crippen molar-refractivity contribution in [3.63, 3.8) is 0 Å². The zero-order valence-corrected chi connectivity index (χ0v) is 15.3. The average Bonchev–Trinajstić information content (AvgIpc) is 2.67. The minimum atomic E-state index is -4.46. The third kappa shape index (κ3) is 3.93. The molecule has 0 saturated heterocycles. The van der Waals surface area contributed by atoms with Crippen LogP contribution < -0.4 is 5.32 Å². The van der Waals surface area contributed by atoms with E-state index in [0.29, 0.717) is 11.1 Å². The standard InChI is InChI=1S/C21H19F3N2O2/c1-13(2)18-25-19(27)17(14-8-10-16(11-9-14)21(22,23)24)12-26(18)20(28)15-6-4-3-5-7-15/h3-13,18H,1-2H3,(H,25,27)/t18-/m0/s1. The molecule has 1 N–H and O–H groups in total. The van der Waals surface area contributed by atoms with Crippen LogP contribution in [-0.2, 0) is 11.0 Å². The second kappa shape index (κ2) is 7.50. The van der Waals surface area contributed by atoms with Gasteiger partial charge in [-0.15, -0.1) is 0 Å². The Kier molecular flexibility index (Phi) is 5.27. The molecule has 2 aromatic rings. The minimum Gasteiger partial charge on any atom is -0.331 e. The van der Waals surface area contributed by atoms with E-state index >= 15 is 0 Å². The quantitative estimate of drug-likeness (QED) is 0.852. The first-order valence-corrected chi connectivity index (χ1v) is 8.76. The molecule has 0 spiro atoms. The molecule has 4 nitrogen and oxygen atoms in total. The number of alkyl halides is 3. The molecule has 0 radical (unpaired) electrons. The largest absolute Gasteiger partial charge is 0.416 e. The number of nitrogens with zero attached hydrogens (tertiary/aromatic N) is 1. The number of amides is 2. The maximum atomic E-state index is 13.0. The van der Waals surface area contributed by atoms with Gasteiger partial charge in [-0.05, 0) is 35.7 Å². The van der Waals surface area contributed by atoms with Gasteiger partial charge in [0.25, 0.3) is 11.8 Å². The Morgan fingerprint density at radius 2 is 1.64 bits per heavy atom. The SMILES string of the molecule is CC(C)[C@H]1NC(=O)C(c2ccc(C(F)(F)F)cc2)=CN1C(=O)c1ccccc1. The summed E-state index contributed by atoms with van der Waals surface area (Å²) < 4.78 is 38.4. The van der Waals surface area contributed by atoms with E-state index in [1.807, 2.05) is 13.8 Å². The molecule has 3 rings (SSSR count). The van der Waals surface area contributed by atoms with E-state index in [0.717, 1.165) is 12.1 Å². The Bertz CT molecular complexity index is 903. The summed E-state index contributed by atoms with van der Waals surface area (Å²) in [5.41, 5.74) is 0.0890. The van der Waals surface area contributed by atoms with Crippen LogP contribution in [0.15, 0.2) is 60.8 Å². The van der Waals surface area contributed by atoms with Gasteiger partial charge in [0.15, 0.2) is 0 Å². The second-order valence-corrected chi connectivity index (χ2v) is 6.86. The number of nitrogens with one attached hydrogen (secondary N) is 1. The zero-order chi connectivity index (χ0) is 20.5. The first-order chi connectivity index (χ1) is 13.2. The molecule has 0 aromatic heterocycles. The van der Waals surface area contributed by atoms with Gasteiger partial charge in [0.1, 0.15) is 6.17 Å². The predicted octanol–water partition coefficient (Wildman–Crippen LogP) is 4.30. The molecule has 1 aliphatic rings. The highest BCUT2D eigenvalue weighted by Gasteiger charge is 2.34. The van der Waals surface area contributed by atoms with Crippen molar-refractivity contribution < 1.29 is 22.8 Å². The molecule has 1 heterocycles. The van der Waals surface area contributed by atoms with Crippen molar-refractivity contribution in [2.75, 3.05) is 0 Å². The molecule has 146 valence electrons. The lowest BCUT2D eigenvalue weighted by Crippen LogP contribution is -2.54. The van der Waals surface area contributed by atoms with Crippen LogP contribution in [-0.4, -0.2) is 22.9 Å². The van der Waals surface area contributed by atoms with Gasteiger partial charge in [-0.3, -0.25) is 14.5 Å². The van der Waals surface area contributed by atoms with Crippen LogP contribution >= 0.6 is 0 Å². The molecule has 1 atom stereocenters. The number of hydrogen-bond acceptors (Lipinski definition) is 2. The van der Waals surface area contributed by atoms with Crippen LogP contribution in [0.5, 0.6) is 0 Å². The number of halogens is 3. The number of benzene rings is 2. The predicted molar refractivity (Wildman–Crippen MR) is 98.8 cm³/mol. The van der Waals surface area contributed by atoms with Crippen LogP contribution in [0.25, 0.3) is 5.57 Å². The van der Waals surface area contributed by atoms with Gasteiger partial charge in [0.05, 0.1) is 11.1 Å². The van der Waals surface area contributed by atoms with Crippen molar-refractivity contribution in [2.24, 2.45) is 5.92 Å². The molecule has 0 unspecified atom stereocenters. The average molecular weight is 388 g/mol. The van der Waals surface area contributed by atoms with Crippen molar-refractivity contribution in [3.8, 4) is 0 Å². The highest BCUT2D eigenvalue weighted by Crippen LogP contribution is 2.31. The fourth-order valence-corrected chi connectivity index (χ4v) is 3.01. The van der Waals surface area contributed by atoms with E-state index in [9.17, 15) is 22.8 Å². The van der Waals surface area contributed by atoms with E-state index in [-0.39, 0.29) is 17.4 Å². The van der Waals surface area contributed by atoms with Crippen LogP contribution in [0.3, 0.4) is 0 Å². The minimum absolute atomic E-state index is 0.0676. The highest BCUT2D eigenvalue weighted by atomic mass is 19.4. The lowest BCUT2D eigenvalue weighted by Gasteiger charge is -2.36. The van der Waals surface area contributed by atoms with Gasteiger partial charge in [-0.2, -0.15) is 13.2 Å². The summed E-state index contributed by atoms with van der Waals surface area (Å²) in [7, 11) is 0. The lowest BCUT2D eigenvalue weighted by atomic mass is 9.99. The van der Waals surface area contributed by atoms with Crippen molar-refractivity contribution in [1.29, 1.82) is 0 Å². The van der Waals surface area contributed by atoms with E-state index < -0.39 is 23.8 Å². The Balaban J connectivity index is 2.00. The fraction of sp³-hybridized carbons (Fsp3) is 0.238. The van der Waals surface area contributed by atoms with Crippen LogP contribution in [0.4, 0.5) is 13.2 Å². The van der Waals surface area contributed by atoms with Gasteiger partial charge in [-0.1, -0.05) is 44.2 Å². The Morgan fingerprint density at radius 3 is 2.18 bits per heavy atom.